The molecular formula is C18H22N2. The summed E-state index contributed by atoms with van der Waals surface area (Å²) in [6, 6.07) is 11.0. The predicted molar refractivity (Wildman–Crippen MR) is 84.7 cm³/mol. The Hall–Kier alpha value is -1.67. The van der Waals surface area contributed by atoms with Gasteiger partial charge in [-0.2, -0.15) is 0 Å². The number of para-hydroxylation sites is 1. The van der Waals surface area contributed by atoms with Crippen LogP contribution in [0.5, 0.6) is 0 Å². The van der Waals surface area contributed by atoms with Crippen molar-refractivity contribution in [2.75, 3.05) is 7.05 Å². The summed E-state index contributed by atoms with van der Waals surface area (Å²) in [5.74, 6) is 0. The minimum atomic E-state index is 0.359. The number of aromatic nitrogens is 1. The van der Waals surface area contributed by atoms with Gasteiger partial charge in [-0.1, -0.05) is 35.9 Å². The van der Waals surface area contributed by atoms with Crippen molar-refractivity contribution < 1.29 is 0 Å². The minimum absolute atomic E-state index is 0.359. The minimum Gasteiger partial charge on any atom is -0.313 e. The van der Waals surface area contributed by atoms with Gasteiger partial charge in [0.05, 0.1) is 5.52 Å². The summed E-state index contributed by atoms with van der Waals surface area (Å²) in [5, 5.41) is 4.70. The van der Waals surface area contributed by atoms with Crippen LogP contribution in [0.4, 0.5) is 0 Å². The molecule has 1 aromatic carbocycles. The smallest absolute Gasteiger partial charge is 0.0749 e. The van der Waals surface area contributed by atoms with E-state index in [0.29, 0.717) is 6.04 Å². The molecule has 0 radical (unpaired) electrons. The molecule has 2 aromatic rings. The summed E-state index contributed by atoms with van der Waals surface area (Å²) in [6.07, 6.45) is 10.6. The van der Waals surface area contributed by atoms with Gasteiger partial charge >= 0.3 is 0 Å². The quantitative estimate of drug-likeness (QED) is 0.830. The van der Waals surface area contributed by atoms with Crippen LogP contribution >= 0.6 is 0 Å². The van der Waals surface area contributed by atoms with Gasteiger partial charge in [-0.3, -0.25) is 4.98 Å². The van der Waals surface area contributed by atoms with Crippen LogP contribution < -0.4 is 5.32 Å². The molecule has 1 N–H and O–H groups in total. The third-order valence-electron chi connectivity index (χ3n) is 4.24. The summed E-state index contributed by atoms with van der Waals surface area (Å²) in [6.45, 7) is 0. The Bertz CT molecular complexity index is 610. The van der Waals surface area contributed by atoms with E-state index >= 15 is 0 Å². The lowest BCUT2D eigenvalue weighted by Crippen LogP contribution is -2.18. The van der Waals surface area contributed by atoms with Crippen LogP contribution in [0, 0.1) is 0 Å². The maximum absolute atomic E-state index is 4.58. The number of pyridine rings is 1. The number of benzene rings is 1. The number of nitrogens with zero attached hydrogens (tertiary/aromatic N) is 1. The molecule has 1 aromatic heterocycles. The molecule has 104 valence electrons. The average Bonchev–Trinajstić information content (AvgIpc) is 2.53. The Morgan fingerprint density at radius 2 is 2.10 bits per heavy atom. The topological polar surface area (TPSA) is 24.9 Å². The molecule has 1 unspecified atom stereocenters. The van der Waals surface area contributed by atoms with Gasteiger partial charge in [0.25, 0.3) is 0 Å². The van der Waals surface area contributed by atoms with E-state index in [9.17, 15) is 0 Å². The highest BCUT2D eigenvalue weighted by molar-refractivity contribution is 5.82. The van der Waals surface area contributed by atoms with Gasteiger partial charge in [0, 0.05) is 17.6 Å². The molecule has 2 heteroatoms. The van der Waals surface area contributed by atoms with Gasteiger partial charge in [-0.25, -0.2) is 0 Å². The maximum Gasteiger partial charge on any atom is 0.0749 e. The fraction of sp³-hybridized carbons (Fsp3) is 0.389. The van der Waals surface area contributed by atoms with E-state index in [1.54, 1.807) is 5.57 Å². The first kappa shape index (κ1) is 13.3. The van der Waals surface area contributed by atoms with Crippen molar-refractivity contribution in [3.8, 4) is 0 Å². The van der Waals surface area contributed by atoms with Crippen molar-refractivity contribution in [2.45, 2.75) is 38.1 Å². The van der Waals surface area contributed by atoms with Crippen molar-refractivity contribution in [1.29, 1.82) is 0 Å². The molecule has 3 rings (SSSR count). The second kappa shape index (κ2) is 6.19. The Balaban J connectivity index is 1.92. The molecule has 0 bridgehead atoms. The third-order valence-corrected chi connectivity index (χ3v) is 4.24. The molecule has 0 saturated heterocycles. The van der Waals surface area contributed by atoms with Gasteiger partial charge in [-0.05, 0) is 50.8 Å². The van der Waals surface area contributed by atoms with E-state index in [-0.39, 0.29) is 0 Å². The molecule has 1 heterocycles. The van der Waals surface area contributed by atoms with E-state index in [4.69, 9.17) is 0 Å². The average molecular weight is 266 g/mol. The first-order valence-electron chi connectivity index (χ1n) is 7.57. The van der Waals surface area contributed by atoms with Crippen LogP contribution in [0.2, 0.25) is 0 Å². The predicted octanol–water partition coefficient (Wildman–Crippen LogP) is 4.39. The lowest BCUT2D eigenvalue weighted by molar-refractivity contribution is 0.561. The van der Waals surface area contributed by atoms with Gasteiger partial charge in [0.15, 0.2) is 0 Å². The van der Waals surface area contributed by atoms with Crippen LogP contribution in [0.25, 0.3) is 10.9 Å². The molecule has 0 fully saturated rings. The first-order chi connectivity index (χ1) is 9.88. The molecular weight excluding hydrogens is 244 g/mol. The lowest BCUT2D eigenvalue weighted by Gasteiger charge is -2.21. The highest BCUT2D eigenvalue weighted by Crippen LogP contribution is 2.30. The second-order valence-corrected chi connectivity index (χ2v) is 5.58. The van der Waals surface area contributed by atoms with Crippen molar-refractivity contribution >= 4 is 10.9 Å². The van der Waals surface area contributed by atoms with Crippen molar-refractivity contribution in [3.63, 3.8) is 0 Å². The highest BCUT2D eigenvalue weighted by atomic mass is 14.9. The number of rotatable bonds is 4. The zero-order valence-electron chi connectivity index (χ0n) is 12.1. The summed E-state index contributed by atoms with van der Waals surface area (Å²) >= 11 is 0. The van der Waals surface area contributed by atoms with Gasteiger partial charge < -0.3 is 5.32 Å². The molecule has 0 saturated carbocycles. The molecule has 0 amide bonds. The molecule has 1 aliphatic carbocycles. The molecule has 2 nitrogen and oxygen atoms in total. The second-order valence-electron chi connectivity index (χ2n) is 5.58. The monoisotopic (exact) mass is 266 g/mol. The zero-order chi connectivity index (χ0) is 13.8. The molecule has 0 aliphatic heterocycles. The van der Waals surface area contributed by atoms with Crippen LogP contribution in [0.3, 0.4) is 0 Å². The SMILES string of the molecule is CNC(CC1=CCCCC1)c1cccc2cccnc12. The number of hydrogen-bond acceptors (Lipinski definition) is 2. The van der Waals surface area contributed by atoms with E-state index < -0.39 is 0 Å². The Morgan fingerprint density at radius 1 is 1.20 bits per heavy atom. The third kappa shape index (κ3) is 2.75. The lowest BCUT2D eigenvalue weighted by atomic mass is 9.91. The first-order valence-corrected chi connectivity index (χ1v) is 7.57. The van der Waals surface area contributed by atoms with Gasteiger partial charge in [0.1, 0.15) is 0 Å². The van der Waals surface area contributed by atoms with Crippen LogP contribution in [-0.4, -0.2) is 12.0 Å². The van der Waals surface area contributed by atoms with Gasteiger partial charge in [-0.15, -0.1) is 0 Å². The fourth-order valence-electron chi connectivity index (χ4n) is 3.13. The normalized spacial score (nSPS) is 16.9. The summed E-state index contributed by atoms with van der Waals surface area (Å²) in [4.78, 5) is 4.58. The highest BCUT2D eigenvalue weighted by Gasteiger charge is 2.16. The zero-order valence-corrected chi connectivity index (χ0v) is 12.1. The van der Waals surface area contributed by atoms with E-state index in [2.05, 4.69) is 47.7 Å². The Morgan fingerprint density at radius 3 is 2.90 bits per heavy atom. The number of allylic oxidation sites excluding steroid dienone is 1. The summed E-state index contributed by atoms with van der Waals surface area (Å²) < 4.78 is 0. The largest absolute Gasteiger partial charge is 0.313 e. The van der Waals surface area contributed by atoms with Crippen molar-refractivity contribution in [3.05, 3.63) is 53.7 Å². The van der Waals surface area contributed by atoms with Crippen LogP contribution in [0.15, 0.2) is 48.2 Å². The van der Waals surface area contributed by atoms with Crippen LogP contribution in [-0.2, 0) is 0 Å². The molecule has 1 aliphatic rings. The van der Waals surface area contributed by atoms with Crippen LogP contribution in [0.1, 0.15) is 43.7 Å². The molecule has 20 heavy (non-hydrogen) atoms. The summed E-state index contributed by atoms with van der Waals surface area (Å²) in [7, 11) is 2.05. The number of fused-ring (bicyclic) bond motifs is 1. The number of hydrogen-bond donors (Lipinski definition) is 1. The Kier molecular flexibility index (Phi) is 4.12. The fourth-order valence-corrected chi connectivity index (χ4v) is 3.13. The number of nitrogens with one attached hydrogen (secondary N) is 1. The van der Waals surface area contributed by atoms with Crippen molar-refractivity contribution in [1.82, 2.24) is 10.3 Å². The van der Waals surface area contributed by atoms with E-state index in [1.807, 2.05) is 12.3 Å². The summed E-state index contributed by atoms with van der Waals surface area (Å²) in [5.41, 5.74) is 4.05. The standard InChI is InChI=1S/C18H22N2/c1-19-17(13-14-7-3-2-4-8-14)16-11-5-9-15-10-6-12-20-18(15)16/h5-7,9-12,17,19H,2-4,8,13H2,1H3. The molecule has 1 atom stereocenters. The Labute approximate surface area is 120 Å². The van der Waals surface area contributed by atoms with Crippen molar-refractivity contribution in [2.24, 2.45) is 0 Å². The van der Waals surface area contributed by atoms with E-state index in [1.165, 1.54) is 36.6 Å². The molecule has 0 spiro atoms. The van der Waals surface area contributed by atoms with E-state index in [0.717, 1.165) is 11.9 Å². The van der Waals surface area contributed by atoms with Gasteiger partial charge in [0.2, 0.25) is 0 Å². The maximum atomic E-state index is 4.58.